The number of halogens is 4. The number of nitrogens with two attached hydrogens (primary N) is 1. The molecule has 13 heavy (non-hydrogen) atoms. The van der Waals surface area contributed by atoms with E-state index in [0.717, 1.165) is 12.1 Å². The number of hydrogen-bond acceptors (Lipinski definition) is 1. The third kappa shape index (κ3) is 2.53. The molecule has 0 spiro atoms. The molecule has 0 radical (unpaired) electrons. The zero-order chi connectivity index (χ0) is 9.30. The van der Waals surface area contributed by atoms with Crippen molar-refractivity contribution in [1.29, 1.82) is 0 Å². The monoisotopic (exact) mass is 227 g/mol. The second kappa shape index (κ2) is 4.74. The molecule has 1 aromatic carbocycles. The largest absolute Gasteiger partial charge is 0.324 e. The average Bonchev–Trinajstić information content (AvgIpc) is 1.97. The molecule has 0 fully saturated rings. The minimum absolute atomic E-state index is 0. The number of hydrogen-bond donors (Lipinski definition) is 1. The van der Waals surface area contributed by atoms with Crippen LogP contribution in [-0.2, 0) is 0 Å². The fourth-order valence-electron chi connectivity index (χ4n) is 0.960. The van der Waals surface area contributed by atoms with E-state index in [0.29, 0.717) is 0 Å². The molecular formula is C8H9Cl2F2N. The van der Waals surface area contributed by atoms with Crippen LogP contribution in [0.2, 0.25) is 5.02 Å². The van der Waals surface area contributed by atoms with Crippen LogP contribution in [0.15, 0.2) is 12.1 Å². The number of benzene rings is 1. The Bertz CT molecular complexity index is 302. The molecule has 1 rings (SSSR count). The SMILES string of the molecule is C[C@H](N)c1c(F)ccc(F)c1Cl.Cl. The zero-order valence-corrected chi connectivity index (χ0v) is 8.42. The van der Waals surface area contributed by atoms with E-state index >= 15 is 0 Å². The molecule has 0 aliphatic rings. The van der Waals surface area contributed by atoms with Gasteiger partial charge in [-0.1, -0.05) is 11.6 Å². The summed E-state index contributed by atoms with van der Waals surface area (Å²) in [4.78, 5) is 0. The first-order valence-corrected chi connectivity index (χ1v) is 3.80. The second-order valence-corrected chi connectivity index (χ2v) is 2.92. The lowest BCUT2D eigenvalue weighted by Crippen LogP contribution is -2.09. The Balaban J connectivity index is 0.00000144. The van der Waals surface area contributed by atoms with Crippen molar-refractivity contribution in [3.05, 3.63) is 34.4 Å². The van der Waals surface area contributed by atoms with Crippen molar-refractivity contribution in [2.45, 2.75) is 13.0 Å². The quantitative estimate of drug-likeness (QED) is 0.734. The summed E-state index contributed by atoms with van der Waals surface area (Å²) in [6.07, 6.45) is 0. The molecule has 5 heteroatoms. The molecule has 2 N–H and O–H groups in total. The van der Waals surface area contributed by atoms with Crippen LogP contribution in [0, 0.1) is 11.6 Å². The van der Waals surface area contributed by atoms with Crippen LogP contribution in [0.4, 0.5) is 8.78 Å². The van der Waals surface area contributed by atoms with Gasteiger partial charge >= 0.3 is 0 Å². The maximum Gasteiger partial charge on any atom is 0.142 e. The smallest absolute Gasteiger partial charge is 0.142 e. The third-order valence-electron chi connectivity index (χ3n) is 1.53. The molecule has 0 saturated heterocycles. The Morgan fingerprint density at radius 3 is 2.15 bits per heavy atom. The summed E-state index contributed by atoms with van der Waals surface area (Å²) in [5.74, 6) is -1.22. The first kappa shape index (κ1) is 12.6. The first-order valence-electron chi connectivity index (χ1n) is 3.43. The first-order chi connectivity index (χ1) is 5.54. The Morgan fingerprint density at radius 1 is 1.31 bits per heavy atom. The predicted octanol–water partition coefficient (Wildman–Crippen LogP) is 3.06. The van der Waals surface area contributed by atoms with Crippen molar-refractivity contribution >= 4 is 24.0 Å². The van der Waals surface area contributed by atoms with Crippen LogP contribution in [0.5, 0.6) is 0 Å². The van der Waals surface area contributed by atoms with Crippen molar-refractivity contribution in [3.8, 4) is 0 Å². The van der Waals surface area contributed by atoms with Gasteiger partial charge in [-0.15, -0.1) is 12.4 Å². The van der Waals surface area contributed by atoms with E-state index in [-0.39, 0.29) is 23.0 Å². The lowest BCUT2D eigenvalue weighted by atomic mass is 10.1. The Labute approximate surface area is 86.3 Å². The van der Waals surface area contributed by atoms with Gasteiger partial charge in [0.05, 0.1) is 5.02 Å². The van der Waals surface area contributed by atoms with Crippen LogP contribution in [0.25, 0.3) is 0 Å². The molecule has 1 aromatic rings. The Hall–Kier alpha value is -0.380. The highest BCUT2D eigenvalue weighted by atomic mass is 35.5. The molecular weight excluding hydrogens is 219 g/mol. The van der Waals surface area contributed by atoms with Gasteiger partial charge in [0.25, 0.3) is 0 Å². The fraction of sp³-hybridized carbons (Fsp3) is 0.250. The van der Waals surface area contributed by atoms with E-state index in [1.54, 1.807) is 6.92 Å². The fourth-order valence-corrected chi connectivity index (χ4v) is 1.29. The zero-order valence-electron chi connectivity index (χ0n) is 6.85. The normalized spacial score (nSPS) is 12.1. The molecule has 1 nitrogen and oxygen atoms in total. The van der Waals surface area contributed by atoms with E-state index in [4.69, 9.17) is 17.3 Å². The Kier molecular flexibility index (Phi) is 4.61. The third-order valence-corrected chi connectivity index (χ3v) is 1.92. The van der Waals surface area contributed by atoms with E-state index in [1.165, 1.54) is 0 Å². The summed E-state index contributed by atoms with van der Waals surface area (Å²) in [6.45, 7) is 1.55. The highest BCUT2D eigenvalue weighted by molar-refractivity contribution is 6.31. The molecule has 0 bridgehead atoms. The van der Waals surface area contributed by atoms with Crippen LogP contribution < -0.4 is 5.73 Å². The van der Waals surface area contributed by atoms with Crippen molar-refractivity contribution in [1.82, 2.24) is 0 Å². The second-order valence-electron chi connectivity index (χ2n) is 2.55. The van der Waals surface area contributed by atoms with Crippen molar-refractivity contribution < 1.29 is 8.78 Å². The summed E-state index contributed by atoms with van der Waals surface area (Å²) in [7, 11) is 0. The van der Waals surface area contributed by atoms with Gasteiger partial charge in [-0.05, 0) is 19.1 Å². The van der Waals surface area contributed by atoms with Gasteiger partial charge in [0, 0.05) is 11.6 Å². The molecule has 0 heterocycles. The van der Waals surface area contributed by atoms with Gasteiger partial charge in [-0.25, -0.2) is 8.78 Å². The Morgan fingerprint density at radius 2 is 1.77 bits per heavy atom. The van der Waals surface area contributed by atoms with Gasteiger partial charge in [0.2, 0.25) is 0 Å². The summed E-state index contributed by atoms with van der Waals surface area (Å²) >= 11 is 5.50. The van der Waals surface area contributed by atoms with Gasteiger partial charge in [0.1, 0.15) is 11.6 Å². The van der Waals surface area contributed by atoms with E-state index in [2.05, 4.69) is 0 Å². The predicted molar refractivity (Wildman–Crippen MR) is 51.2 cm³/mol. The molecule has 0 saturated carbocycles. The minimum Gasteiger partial charge on any atom is -0.324 e. The van der Waals surface area contributed by atoms with Crippen LogP contribution in [-0.4, -0.2) is 0 Å². The van der Waals surface area contributed by atoms with Gasteiger partial charge < -0.3 is 5.73 Å². The number of rotatable bonds is 1. The van der Waals surface area contributed by atoms with Crippen LogP contribution >= 0.6 is 24.0 Å². The van der Waals surface area contributed by atoms with Gasteiger partial charge in [-0.2, -0.15) is 0 Å². The highest BCUT2D eigenvalue weighted by Crippen LogP contribution is 2.26. The lowest BCUT2D eigenvalue weighted by molar-refractivity contribution is 0.572. The van der Waals surface area contributed by atoms with Gasteiger partial charge in [-0.3, -0.25) is 0 Å². The van der Waals surface area contributed by atoms with Crippen molar-refractivity contribution in [3.63, 3.8) is 0 Å². The van der Waals surface area contributed by atoms with Gasteiger partial charge in [0.15, 0.2) is 0 Å². The summed E-state index contributed by atoms with van der Waals surface area (Å²) in [5, 5.41) is -0.231. The summed E-state index contributed by atoms with van der Waals surface area (Å²) < 4.78 is 25.7. The minimum atomic E-state index is -0.648. The average molecular weight is 228 g/mol. The summed E-state index contributed by atoms with van der Waals surface area (Å²) in [6, 6.07) is 1.39. The standard InChI is InChI=1S/C8H8ClF2N.ClH/c1-4(12)7-5(10)2-3-6(11)8(7)9;/h2-4H,12H2,1H3;1H/t4-;/m0./s1. The molecule has 0 aliphatic heterocycles. The van der Waals surface area contributed by atoms with Crippen LogP contribution in [0.1, 0.15) is 18.5 Å². The molecule has 1 atom stereocenters. The molecule has 0 unspecified atom stereocenters. The van der Waals surface area contributed by atoms with E-state index in [1.807, 2.05) is 0 Å². The molecule has 74 valence electrons. The topological polar surface area (TPSA) is 26.0 Å². The van der Waals surface area contributed by atoms with Crippen molar-refractivity contribution in [2.24, 2.45) is 5.73 Å². The molecule has 0 aromatic heterocycles. The van der Waals surface area contributed by atoms with Crippen molar-refractivity contribution in [2.75, 3.05) is 0 Å². The molecule has 0 aliphatic carbocycles. The lowest BCUT2D eigenvalue weighted by Gasteiger charge is -2.09. The maximum absolute atomic E-state index is 13.0. The highest BCUT2D eigenvalue weighted by Gasteiger charge is 2.14. The van der Waals surface area contributed by atoms with Crippen LogP contribution in [0.3, 0.4) is 0 Å². The maximum atomic E-state index is 13.0. The van der Waals surface area contributed by atoms with E-state index < -0.39 is 17.7 Å². The molecule has 0 amide bonds. The van der Waals surface area contributed by atoms with E-state index in [9.17, 15) is 8.78 Å². The summed E-state index contributed by atoms with van der Waals surface area (Å²) in [5.41, 5.74) is 5.42.